The third-order valence-electron chi connectivity index (χ3n) is 2.75. The van der Waals surface area contributed by atoms with Crippen molar-refractivity contribution in [1.82, 2.24) is 24.4 Å². The Morgan fingerprint density at radius 1 is 1.42 bits per heavy atom. The second-order valence-electron chi connectivity index (χ2n) is 4.19. The van der Waals surface area contributed by atoms with Crippen molar-refractivity contribution in [2.24, 2.45) is 5.73 Å². The summed E-state index contributed by atoms with van der Waals surface area (Å²) in [5, 5.41) is 9.75. The minimum absolute atomic E-state index is 0.0714. The highest BCUT2D eigenvalue weighted by Gasteiger charge is 2.07. The van der Waals surface area contributed by atoms with Gasteiger partial charge in [0.2, 0.25) is 0 Å². The van der Waals surface area contributed by atoms with Crippen LogP contribution in [0, 0.1) is 6.92 Å². The lowest BCUT2D eigenvalue weighted by Crippen LogP contribution is -2.16. The van der Waals surface area contributed by atoms with Gasteiger partial charge in [-0.3, -0.25) is 9.20 Å². The molecule has 3 heterocycles. The van der Waals surface area contributed by atoms with Crippen LogP contribution >= 0.6 is 11.3 Å². The number of nitrogens with zero attached hydrogens (tertiary/aromatic N) is 5. The summed E-state index contributed by atoms with van der Waals surface area (Å²) in [6.07, 6.45) is 1.75. The lowest BCUT2D eigenvalue weighted by Gasteiger charge is -2.01. The third kappa shape index (κ3) is 2.15. The van der Waals surface area contributed by atoms with E-state index in [0.717, 1.165) is 5.69 Å². The fourth-order valence-electron chi connectivity index (χ4n) is 1.86. The second kappa shape index (κ2) is 4.56. The average Bonchev–Trinajstić information content (AvgIpc) is 2.97. The van der Waals surface area contributed by atoms with Crippen molar-refractivity contribution in [2.45, 2.75) is 20.0 Å². The quantitative estimate of drug-likeness (QED) is 0.736. The number of hydrogen-bond donors (Lipinski definition) is 1. The first-order valence-electron chi connectivity index (χ1n) is 5.73. The van der Waals surface area contributed by atoms with Gasteiger partial charge in [0.05, 0.1) is 24.1 Å². The molecule has 8 heteroatoms. The van der Waals surface area contributed by atoms with Gasteiger partial charge < -0.3 is 5.73 Å². The van der Waals surface area contributed by atoms with E-state index in [9.17, 15) is 4.79 Å². The molecule has 0 aliphatic carbocycles. The van der Waals surface area contributed by atoms with E-state index >= 15 is 0 Å². The van der Waals surface area contributed by atoms with Crippen LogP contribution in [-0.2, 0) is 13.1 Å². The molecule has 0 atom stereocenters. The van der Waals surface area contributed by atoms with Gasteiger partial charge in [-0.05, 0) is 6.92 Å². The first-order valence-corrected chi connectivity index (χ1v) is 6.61. The molecule has 3 rings (SSSR count). The lowest BCUT2D eigenvalue weighted by molar-refractivity contribution is 0.637. The third-order valence-corrected chi connectivity index (χ3v) is 3.69. The molecule has 0 aliphatic heterocycles. The first-order chi connectivity index (χ1) is 9.17. The molecule has 0 amide bonds. The van der Waals surface area contributed by atoms with Crippen molar-refractivity contribution in [1.29, 1.82) is 0 Å². The van der Waals surface area contributed by atoms with E-state index in [1.165, 1.54) is 17.4 Å². The van der Waals surface area contributed by atoms with E-state index in [0.29, 0.717) is 29.4 Å². The highest BCUT2D eigenvalue weighted by molar-refractivity contribution is 7.15. The van der Waals surface area contributed by atoms with E-state index in [1.807, 2.05) is 12.3 Å². The number of thiazole rings is 1. The standard InChI is InChI=1S/C11H12N6OS/c1-7-6-19-11-13-8(2-10(18)17(7)11)4-16-5-9(3-12)14-15-16/h2,5-6H,3-4,12H2,1H3. The highest BCUT2D eigenvalue weighted by atomic mass is 32.1. The van der Waals surface area contributed by atoms with Gasteiger partial charge in [0, 0.05) is 23.7 Å². The van der Waals surface area contributed by atoms with E-state index in [4.69, 9.17) is 5.73 Å². The zero-order chi connectivity index (χ0) is 13.4. The van der Waals surface area contributed by atoms with Gasteiger partial charge in [-0.2, -0.15) is 0 Å². The minimum atomic E-state index is -0.0714. The van der Waals surface area contributed by atoms with E-state index in [1.54, 1.807) is 15.3 Å². The predicted molar refractivity (Wildman–Crippen MR) is 71.1 cm³/mol. The highest BCUT2D eigenvalue weighted by Crippen LogP contribution is 2.11. The Morgan fingerprint density at radius 3 is 3.00 bits per heavy atom. The summed E-state index contributed by atoms with van der Waals surface area (Å²) < 4.78 is 3.22. The van der Waals surface area contributed by atoms with Crippen molar-refractivity contribution < 1.29 is 0 Å². The van der Waals surface area contributed by atoms with Crippen LogP contribution in [0.1, 0.15) is 17.1 Å². The number of aromatic nitrogens is 5. The van der Waals surface area contributed by atoms with Gasteiger partial charge >= 0.3 is 0 Å². The van der Waals surface area contributed by atoms with Gasteiger partial charge in [0.25, 0.3) is 5.56 Å². The smallest absolute Gasteiger partial charge is 0.259 e. The Balaban J connectivity index is 1.99. The first kappa shape index (κ1) is 12.0. The maximum Gasteiger partial charge on any atom is 0.259 e. The monoisotopic (exact) mass is 276 g/mol. The number of aryl methyl sites for hydroxylation is 1. The van der Waals surface area contributed by atoms with Gasteiger partial charge in [-0.1, -0.05) is 5.21 Å². The maximum absolute atomic E-state index is 12.0. The summed E-state index contributed by atoms with van der Waals surface area (Å²) in [7, 11) is 0. The molecule has 2 N–H and O–H groups in total. The minimum Gasteiger partial charge on any atom is -0.325 e. The Morgan fingerprint density at radius 2 is 2.26 bits per heavy atom. The van der Waals surface area contributed by atoms with Gasteiger partial charge in [-0.15, -0.1) is 16.4 Å². The van der Waals surface area contributed by atoms with Crippen molar-refractivity contribution >= 4 is 16.3 Å². The molecule has 0 bridgehead atoms. The fourth-order valence-corrected chi connectivity index (χ4v) is 2.75. The van der Waals surface area contributed by atoms with E-state index in [-0.39, 0.29) is 5.56 Å². The van der Waals surface area contributed by atoms with Crippen LogP contribution in [0.2, 0.25) is 0 Å². The van der Waals surface area contributed by atoms with Crippen LogP contribution in [0.25, 0.3) is 4.96 Å². The van der Waals surface area contributed by atoms with Gasteiger partial charge in [0.1, 0.15) is 0 Å². The molecule has 0 radical (unpaired) electrons. The maximum atomic E-state index is 12.0. The predicted octanol–water partition coefficient (Wildman–Crippen LogP) is 0.163. The van der Waals surface area contributed by atoms with E-state index < -0.39 is 0 Å². The normalized spacial score (nSPS) is 11.3. The summed E-state index contributed by atoms with van der Waals surface area (Å²) in [5.74, 6) is 0. The molecular weight excluding hydrogens is 264 g/mol. The summed E-state index contributed by atoms with van der Waals surface area (Å²) in [5.41, 5.74) is 7.68. The zero-order valence-electron chi connectivity index (χ0n) is 10.3. The SMILES string of the molecule is Cc1csc2nc(Cn3cc(CN)nn3)cc(=O)n12. The molecular formula is C11H12N6OS. The van der Waals surface area contributed by atoms with Crippen molar-refractivity contribution in [3.05, 3.63) is 45.1 Å². The molecule has 7 nitrogen and oxygen atoms in total. The Labute approximate surface area is 112 Å². The average molecular weight is 276 g/mol. The molecule has 0 spiro atoms. The van der Waals surface area contributed by atoms with Crippen LogP contribution in [0.3, 0.4) is 0 Å². The van der Waals surface area contributed by atoms with Crippen molar-refractivity contribution in [3.8, 4) is 0 Å². The summed E-state index contributed by atoms with van der Waals surface area (Å²) in [4.78, 5) is 17.1. The van der Waals surface area contributed by atoms with Crippen LogP contribution in [0.4, 0.5) is 0 Å². The number of rotatable bonds is 3. The molecule has 0 aliphatic rings. The molecule has 0 aromatic carbocycles. The topological polar surface area (TPSA) is 91.1 Å². The van der Waals surface area contributed by atoms with Crippen LogP contribution < -0.4 is 11.3 Å². The summed E-state index contributed by atoms with van der Waals surface area (Å²) >= 11 is 1.45. The molecule has 3 aromatic heterocycles. The van der Waals surface area contributed by atoms with Crippen molar-refractivity contribution in [2.75, 3.05) is 0 Å². The zero-order valence-corrected chi connectivity index (χ0v) is 11.1. The fraction of sp³-hybridized carbons (Fsp3) is 0.273. The molecule has 0 saturated heterocycles. The Bertz CT molecular complexity index is 786. The molecule has 19 heavy (non-hydrogen) atoms. The molecule has 0 unspecified atom stereocenters. The lowest BCUT2D eigenvalue weighted by atomic mass is 10.4. The van der Waals surface area contributed by atoms with Crippen molar-refractivity contribution in [3.63, 3.8) is 0 Å². The Hall–Kier alpha value is -2.06. The van der Waals surface area contributed by atoms with Gasteiger partial charge in [0.15, 0.2) is 4.96 Å². The second-order valence-corrected chi connectivity index (χ2v) is 5.03. The summed E-state index contributed by atoms with van der Waals surface area (Å²) in [6.45, 7) is 2.64. The van der Waals surface area contributed by atoms with E-state index in [2.05, 4.69) is 15.3 Å². The molecule has 98 valence electrons. The summed E-state index contributed by atoms with van der Waals surface area (Å²) in [6, 6.07) is 1.52. The largest absolute Gasteiger partial charge is 0.325 e. The van der Waals surface area contributed by atoms with Crippen LogP contribution in [-0.4, -0.2) is 24.4 Å². The molecule has 0 fully saturated rings. The molecule has 0 saturated carbocycles. The number of nitrogens with two attached hydrogens (primary N) is 1. The van der Waals surface area contributed by atoms with Crippen LogP contribution in [0.15, 0.2) is 22.4 Å². The number of fused-ring (bicyclic) bond motifs is 1. The molecule has 3 aromatic rings. The van der Waals surface area contributed by atoms with Crippen LogP contribution in [0.5, 0.6) is 0 Å². The Kier molecular flexibility index (Phi) is 2.88. The number of hydrogen-bond acceptors (Lipinski definition) is 6. The van der Waals surface area contributed by atoms with Gasteiger partial charge in [-0.25, -0.2) is 9.67 Å².